The fourth-order valence-electron chi connectivity index (χ4n) is 2.10. The monoisotopic (exact) mass is 389 g/mol. The number of imidazole rings is 1. The number of hydrogen-bond acceptors (Lipinski definition) is 6. The Bertz CT molecular complexity index is 812. The zero-order valence-corrected chi connectivity index (χ0v) is 15.6. The SMILES string of the molecule is C/C(=N\O)c1ccc(OCCCc2cnc[nH]2)c(C)c1.O=C(O)/C=C\C(=O)O. The number of carbonyl (C=O) groups is 2. The molecule has 2 aromatic rings. The number of ether oxygens (including phenoxy) is 1. The fraction of sp³-hybridized carbons (Fsp3) is 0.263. The molecule has 0 saturated carbocycles. The minimum absolute atomic E-state index is 0.558. The van der Waals surface area contributed by atoms with Gasteiger partial charge in [0.05, 0.1) is 18.6 Å². The van der Waals surface area contributed by atoms with E-state index in [1.54, 1.807) is 13.3 Å². The Hall–Kier alpha value is -3.62. The van der Waals surface area contributed by atoms with Crippen molar-refractivity contribution in [2.75, 3.05) is 6.61 Å². The van der Waals surface area contributed by atoms with Crippen LogP contribution in [0.15, 0.2) is 48.0 Å². The van der Waals surface area contributed by atoms with E-state index in [2.05, 4.69) is 15.1 Å². The van der Waals surface area contributed by atoms with Crippen molar-refractivity contribution in [2.24, 2.45) is 5.16 Å². The highest BCUT2D eigenvalue weighted by Crippen LogP contribution is 2.20. The summed E-state index contributed by atoms with van der Waals surface area (Å²) in [5.41, 5.74) is 3.65. The van der Waals surface area contributed by atoms with Gasteiger partial charge in [-0.2, -0.15) is 0 Å². The number of rotatable bonds is 8. The molecule has 1 aromatic carbocycles. The molecular weight excluding hydrogens is 366 g/mol. The fourth-order valence-corrected chi connectivity index (χ4v) is 2.10. The van der Waals surface area contributed by atoms with Gasteiger partial charge in [-0.25, -0.2) is 14.6 Å². The minimum Gasteiger partial charge on any atom is -0.493 e. The molecule has 4 N–H and O–H groups in total. The van der Waals surface area contributed by atoms with E-state index in [1.165, 1.54) is 0 Å². The van der Waals surface area contributed by atoms with Crippen LogP contribution in [0.5, 0.6) is 5.75 Å². The predicted octanol–water partition coefficient (Wildman–Crippen LogP) is 2.64. The summed E-state index contributed by atoms with van der Waals surface area (Å²) in [6, 6.07) is 5.76. The van der Waals surface area contributed by atoms with E-state index in [1.807, 2.05) is 31.3 Å². The van der Waals surface area contributed by atoms with E-state index in [4.69, 9.17) is 20.2 Å². The van der Waals surface area contributed by atoms with Crippen molar-refractivity contribution < 1.29 is 29.7 Å². The third-order valence-corrected chi connectivity index (χ3v) is 3.51. The standard InChI is InChI=1S/C15H19N3O2.C4H4O4/c1-11-8-13(12(2)18-19)5-6-15(11)20-7-3-4-14-9-16-10-17-14;5-3(6)1-2-4(7)8/h5-6,8-10,19H,3-4,7H2,1-2H3,(H,16,17);1-2H,(H,5,6)(H,7,8)/b18-12+;2-1-. The second kappa shape index (κ2) is 11.9. The first kappa shape index (κ1) is 22.4. The number of aromatic amines is 1. The van der Waals surface area contributed by atoms with Gasteiger partial charge in [0, 0.05) is 24.0 Å². The van der Waals surface area contributed by atoms with Gasteiger partial charge in [0.1, 0.15) is 5.75 Å². The summed E-state index contributed by atoms with van der Waals surface area (Å²) in [6.45, 7) is 4.41. The topological polar surface area (TPSA) is 145 Å². The number of carboxylic acid groups (broad SMARTS) is 2. The van der Waals surface area contributed by atoms with Gasteiger partial charge in [-0.3, -0.25) is 0 Å². The van der Waals surface area contributed by atoms with Crippen molar-refractivity contribution in [3.8, 4) is 5.75 Å². The predicted molar refractivity (Wildman–Crippen MR) is 102 cm³/mol. The molecule has 0 aliphatic rings. The molecule has 0 amide bonds. The van der Waals surface area contributed by atoms with Crippen molar-refractivity contribution in [1.29, 1.82) is 0 Å². The van der Waals surface area contributed by atoms with Crippen molar-refractivity contribution >= 4 is 17.7 Å². The molecule has 2 rings (SSSR count). The summed E-state index contributed by atoms with van der Waals surface area (Å²) in [7, 11) is 0. The second-order valence-corrected chi connectivity index (χ2v) is 5.70. The van der Waals surface area contributed by atoms with Crippen molar-refractivity contribution in [3.63, 3.8) is 0 Å². The Balaban J connectivity index is 0.000000416. The van der Waals surface area contributed by atoms with E-state index in [0.29, 0.717) is 24.5 Å². The normalized spacial score (nSPS) is 11.0. The zero-order chi connectivity index (χ0) is 20.9. The van der Waals surface area contributed by atoms with Gasteiger partial charge < -0.3 is 25.1 Å². The van der Waals surface area contributed by atoms with Gasteiger partial charge in [0.2, 0.25) is 0 Å². The molecule has 0 atom stereocenters. The first-order chi connectivity index (χ1) is 13.3. The molecule has 0 unspecified atom stereocenters. The first-order valence-corrected chi connectivity index (χ1v) is 8.37. The largest absolute Gasteiger partial charge is 0.493 e. The second-order valence-electron chi connectivity index (χ2n) is 5.70. The lowest BCUT2D eigenvalue weighted by Crippen LogP contribution is -2.02. The van der Waals surface area contributed by atoms with Crippen LogP contribution in [0.1, 0.15) is 30.2 Å². The van der Waals surface area contributed by atoms with E-state index in [0.717, 1.165) is 35.4 Å². The number of nitrogens with one attached hydrogen (secondary N) is 1. The average Bonchev–Trinajstić information content (AvgIpc) is 3.18. The third-order valence-electron chi connectivity index (χ3n) is 3.51. The number of carboxylic acids is 2. The van der Waals surface area contributed by atoms with Crippen LogP contribution in [-0.2, 0) is 16.0 Å². The summed E-state index contributed by atoms with van der Waals surface area (Å²) >= 11 is 0. The maximum absolute atomic E-state index is 9.55. The van der Waals surface area contributed by atoms with E-state index in [9.17, 15) is 9.59 Å². The molecule has 0 saturated heterocycles. The zero-order valence-electron chi connectivity index (χ0n) is 15.6. The Morgan fingerprint density at radius 2 is 1.93 bits per heavy atom. The van der Waals surface area contributed by atoms with Gasteiger partial charge in [0.25, 0.3) is 0 Å². The first-order valence-electron chi connectivity index (χ1n) is 8.37. The Morgan fingerprint density at radius 3 is 2.43 bits per heavy atom. The van der Waals surface area contributed by atoms with Gasteiger partial charge in [-0.15, -0.1) is 0 Å². The molecule has 9 nitrogen and oxygen atoms in total. The lowest BCUT2D eigenvalue weighted by molar-refractivity contribution is -0.134. The van der Waals surface area contributed by atoms with Gasteiger partial charge in [0.15, 0.2) is 0 Å². The number of benzene rings is 1. The van der Waals surface area contributed by atoms with Crippen LogP contribution in [0.3, 0.4) is 0 Å². The lowest BCUT2D eigenvalue weighted by Gasteiger charge is -2.10. The molecule has 0 fully saturated rings. The molecule has 9 heteroatoms. The Morgan fingerprint density at radius 1 is 1.25 bits per heavy atom. The van der Waals surface area contributed by atoms with E-state index < -0.39 is 11.9 Å². The summed E-state index contributed by atoms with van der Waals surface area (Å²) in [5, 5.41) is 27.6. The maximum Gasteiger partial charge on any atom is 0.328 e. The van der Waals surface area contributed by atoms with E-state index in [-0.39, 0.29) is 0 Å². The van der Waals surface area contributed by atoms with Crippen molar-refractivity contribution in [1.82, 2.24) is 9.97 Å². The highest BCUT2D eigenvalue weighted by molar-refractivity contribution is 5.98. The van der Waals surface area contributed by atoms with E-state index >= 15 is 0 Å². The van der Waals surface area contributed by atoms with Crippen LogP contribution < -0.4 is 4.74 Å². The average molecular weight is 389 g/mol. The van der Waals surface area contributed by atoms with Gasteiger partial charge >= 0.3 is 11.9 Å². The van der Waals surface area contributed by atoms with Gasteiger partial charge in [-0.1, -0.05) is 5.16 Å². The van der Waals surface area contributed by atoms with Crippen LogP contribution >= 0.6 is 0 Å². The Labute approximate surface area is 162 Å². The van der Waals surface area contributed by atoms with Gasteiger partial charge in [-0.05, 0) is 56.0 Å². The summed E-state index contributed by atoms with van der Waals surface area (Å²) < 4.78 is 5.77. The molecule has 1 heterocycles. The number of aryl methyl sites for hydroxylation is 2. The summed E-state index contributed by atoms with van der Waals surface area (Å²) in [5.74, 6) is -1.65. The highest BCUT2D eigenvalue weighted by Gasteiger charge is 2.04. The molecule has 28 heavy (non-hydrogen) atoms. The van der Waals surface area contributed by atoms with Crippen LogP contribution in [0, 0.1) is 6.92 Å². The molecule has 0 aliphatic carbocycles. The maximum atomic E-state index is 9.55. The molecule has 0 bridgehead atoms. The number of hydrogen-bond donors (Lipinski definition) is 4. The summed E-state index contributed by atoms with van der Waals surface area (Å²) in [4.78, 5) is 26.2. The smallest absolute Gasteiger partial charge is 0.328 e. The molecular formula is C19H23N3O6. The quantitative estimate of drug-likeness (QED) is 0.178. The van der Waals surface area contributed by atoms with Crippen LogP contribution in [0.2, 0.25) is 0 Å². The lowest BCUT2D eigenvalue weighted by atomic mass is 10.1. The molecule has 150 valence electrons. The van der Waals surface area contributed by atoms with Crippen LogP contribution in [0.4, 0.5) is 0 Å². The summed E-state index contributed by atoms with van der Waals surface area (Å²) in [6.07, 6.45) is 6.49. The molecule has 0 spiro atoms. The third kappa shape index (κ3) is 8.65. The molecule has 1 aromatic heterocycles. The number of aromatic nitrogens is 2. The molecule has 0 aliphatic heterocycles. The highest BCUT2D eigenvalue weighted by atomic mass is 16.5. The number of oxime groups is 1. The van der Waals surface area contributed by atoms with Crippen LogP contribution in [0.25, 0.3) is 0 Å². The number of aliphatic carboxylic acids is 2. The Kier molecular flexibility index (Phi) is 9.52. The minimum atomic E-state index is -1.26. The molecule has 0 radical (unpaired) electrons. The van der Waals surface area contributed by atoms with Crippen molar-refractivity contribution in [3.05, 3.63) is 59.7 Å². The van der Waals surface area contributed by atoms with Crippen LogP contribution in [-0.4, -0.2) is 49.6 Å². The number of H-pyrrole nitrogens is 1. The number of nitrogens with zero attached hydrogens (tertiary/aromatic N) is 2. The van der Waals surface area contributed by atoms with Crippen molar-refractivity contribution in [2.45, 2.75) is 26.7 Å².